The Morgan fingerprint density at radius 1 is 1.40 bits per heavy atom. The van der Waals surface area contributed by atoms with Crippen molar-refractivity contribution in [2.45, 2.75) is 13.0 Å². The van der Waals surface area contributed by atoms with Gasteiger partial charge in [0.2, 0.25) is 0 Å². The second-order valence-corrected chi connectivity index (χ2v) is 4.49. The minimum absolute atomic E-state index is 0. The lowest BCUT2D eigenvalue weighted by atomic mass is 10.1. The van der Waals surface area contributed by atoms with E-state index in [9.17, 15) is 9.59 Å². The molecule has 0 aliphatic rings. The maximum absolute atomic E-state index is 12.2. The third-order valence-corrected chi connectivity index (χ3v) is 3.19. The van der Waals surface area contributed by atoms with Gasteiger partial charge in [0.25, 0.3) is 5.91 Å². The van der Waals surface area contributed by atoms with Gasteiger partial charge in [-0.3, -0.25) is 4.79 Å². The van der Waals surface area contributed by atoms with Crippen molar-refractivity contribution >= 4 is 29.3 Å². The quantitative estimate of drug-likeness (QED) is 0.874. The first-order valence-electron chi connectivity index (χ1n) is 6.04. The van der Waals surface area contributed by atoms with Crippen molar-refractivity contribution in [3.63, 3.8) is 0 Å². The van der Waals surface area contributed by atoms with Gasteiger partial charge in [0.15, 0.2) is 0 Å². The lowest BCUT2D eigenvalue weighted by Gasteiger charge is -2.23. The fraction of sp³-hybridized carbons (Fsp3) is 0.286. The summed E-state index contributed by atoms with van der Waals surface area (Å²) in [4.78, 5) is 25.5. The largest absolute Gasteiger partial charge is 0.422 e. The van der Waals surface area contributed by atoms with Crippen LogP contribution in [0, 0.1) is 0 Å². The number of para-hydroxylation sites is 1. The minimum Gasteiger partial charge on any atom is -0.422 e. The van der Waals surface area contributed by atoms with Crippen LogP contribution in [-0.4, -0.2) is 30.4 Å². The number of carbonyl (C=O) groups is 1. The highest BCUT2D eigenvalue weighted by molar-refractivity contribution is 5.96. The molecule has 108 valence electrons. The second-order valence-electron chi connectivity index (χ2n) is 4.49. The van der Waals surface area contributed by atoms with E-state index >= 15 is 0 Å². The van der Waals surface area contributed by atoms with Gasteiger partial charge in [-0.1, -0.05) is 18.2 Å². The smallest absolute Gasteiger partial charge is 0.349 e. The van der Waals surface area contributed by atoms with Crippen molar-refractivity contribution in [2.24, 2.45) is 5.73 Å². The molecule has 2 N–H and O–H groups in total. The summed E-state index contributed by atoms with van der Waals surface area (Å²) in [6.07, 6.45) is 0. The summed E-state index contributed by atoms with van der Waals surface area (Å²) in [6.45, 7) is 2.15. The van der Waals surface area contributed by atoms with Crippen molar-refractivity contribution in [1.82, 2.24) is 4.90 Å². The van der Waals surface area contributed by atoms with Crippen LogP contribution in [0.5, 0.6) is 0 Å². The van der Waals surface area contributed by atoms with Crippen LogP contribution in [0.1, 0.15) is 17.3 Å². The van der Waals surface area contributed by atoms with Crippen LogP contribution in [0.25, 0.3) is 11.0 Å². The Morgan fingerprint density at radius 3 is 2.70 bits per heavy atom. The Balaban J connectivity index is 0.00000200. The first kappa shape index (κ1) is 16.2. The average molecular weight is 297 g/mol. The number of amides is 1. The predicted octanol–water partition coefficient (Wildman–Crippen LogP) is 1.63. The summed E-state index contributed by atoms with van der Waals surface area (Å²) in [5, 5.41) is 0.722. The molecule has 0 saturated heterocycles. The zero-order chi connectivity index (χ0) is 14.0. The molecule has 0 radical (unpaired) electrons. The summed E-state index contributed by atoms with van der Waals surface area (Å²) in [7, 11) is 1.62. The monoisotopic (exact) mass is 296 g/mol. The maximum atomic E-state index is 12.2. The number of fused-ring (bicyclic) bond motifs is 1. The topological polar surface area (TPSA) is 76.5 Å². The van der Waals surface area contributed by atoms with Crippen molar-refractivity contribution in [1.29, 1.82) is 0 Å². The molecule has 0 spiro atoms. The molecule has 1 unspecified atom stereocenters. The number of rotatable bonds is 3. The van der Waals surface area contributed by atoms with E-state index in [4.69, 9.17) is 10.2 Å². The van der Waals surface area contributed by atoms with Crippen LogP contribution in [0.4, 0.5) is 0 Å². The fourth-order valence-corrected chi connectivity index (χ4v) is 1.76. The third kappa shape index (κ3) is 3.00. The molecule has 0 aliphatic carbocycles. The number of benzene rings is 1. The number of hydrogen-bond donors (Lipinski definition) is 1. The summed E-state index contributed by atoms with van der Waals surface area (Å²) in [6, 6.07) is 8.50. The van der Waals surface area contributed by atoms with Crippen LogP contribution < -0.4 is 11.4 Å². The molecule has 2 rings (SSSR count). The van der Waals surface area contributed by atoms with Crippen LogP contribution in [0.2, 0.25) is 0 Å². The van der Waals surface area contributed by atoms with Crippen LogP contribution in [0.15, 0.2) is 39.5 Å². The van der Waals surface area contributed by atoms with E-state index in [0.717, 1.165) is 5.39 Å². The summed E-state index contributed by atoms with van der Waals surface area (Å²) < 4.78 is 5.14. The van der Waals surface area contributed by atoms with E-state index in [1.165, 1.54) is 4.90 Å². The Kier molecular flexibility index (Phi) is 5.30. The van der Waals surface area contributed by atoms with Gasteiger partial charge in [-0.05, 0) is 19.1 Å². The SMILES string of the molecule is CC(CN)N(C)C(=O)c1cc2ccccc2oc1=O.Cl. The van der Waals surface area contributed by atoms with Gasteiger partial charge < -0.3 is 15.1 Å². The number of nitrogens with zero attached hydrogens (tertiary/aromatic N) is 1. The molecule has 5 nitrogen and oxygen atoms in total. The fourth-order valence-electron chi connectivity index (χ4n) is 1.76. The standard InChI is InChI=1S/C14H16N2O3.ClH/c1-9(8-15)16(2)13(17)11-7-10-5-3-4-6-12(10)19-14(11)18;/h3-7,9H,8,15H2,1-2H3;1H. The molecule has 2 aromatic rings. The molecule has 1 amide bonds. The summed E-state index contributed by atoms with van der Waals surface area (Å²) in [5.74, 6) is -0.377. The molecule has 6 heteroatoms. The van der Waals surface area contributed by atoms with Gasteiger partial charge in [0, 0.05) is 25.0 Å². The lowest BCUT2D eigenvalue weighted by molar-refractivity contribution is 0.0744. The number of carbonyl (C=O) groups excluding carboxylic acids is 1. The van der Waals surface area contributed by atoms with Gasteiger partial charge in [-0.2, -0.15) is 0 Å². The third-order valence-electron chi connectivity index (χ3n) is 3.19. The number of halogens is 1. The number of likely N-dealkylation sites (N-methyl/N-ethyl adjacent to an activating group) is 1. The Morgan fingerprint density at radius 2 is 2.05 bits per heavy atom. The molecule has 0 saturated carbocycles. The highest BCUT2D eigenvalue weighted by Crippen LogP contribution is 2.13. The first-order chi connectivity index (χ1) is 9.04. The van der Waals surface area contributed by atoms with E-state index < -0.39 is 5.63 Å². The minimum atomic E-state index is -0.625. The summed E-state index contributed by atoms with van der Waals surface area (Å²) >= 11 is 0. The van der Waals surface area contributed by atoms with Gasteiger partial charge in [0.05, 0.1) is 0 Å². The van der Waals surface area contributed by atoms with E-state index in [0.29, 0.717) is 12.1 Å². The van der Waals surface area contributed by atoms with Gasteiger partial charge in [-0.15, -0.1) is 12.4 Å². The van der Waals surface area contributed by atoms with E-state index in [1.54, 1.807) is 31.3 Å². The molecule has 1 aromatic carbocycles. The van der Waals surface area contributed by atoms with Crippen molar-refractivity contribution in [2.75, 3.05) is 13.6 Å². The molecule has 0 bridgehead atoms. The first-order valence-corrected chi connectivity index (χ1v) is 6.04. The molecular weight excluding hydrogens is 280 g/mol. The number of hydrogen-bond acceptors (Lipinski definition) is 4. The van der Waals surface area contributed by atoms with E-state index in [2.05, 4.69) is 0 Å². The highest BCUT2D eigenvalue weighted by atomic mass is 35.5. The number of nitrogens with two attached hydrogens (primary N) is 1. The van der Waals surface area contributed by atoms with E-state index in [1.807, 2.05) is 13.0 Å². The molecule has 1 heterocycles. The van der Waals surface area contributed by atoms with Gasteiger partial charge in [-0.25, -0.2) is 4.79 Å². The average Bonchev–Trinajstić information content (AvgIpc) is 2.44. The maximum Gasteiger partial charge on any atom is 0.349 e. The zero-order valence-corrected chi connectivity index (χ0v) is 12.1. The molecule has 0 fully saturated rings. The normalized spacial score (nSPS) is 11.8. The van der Waals surface area contributed by atoms with Gasteiger partial charge >= 0.3 is 5.63 Å². The van der Waals surface area contributed by atoms with Crippen LogP contribution in [0.3, 0.4) is 0 Å². The van der Waals surface area contributed by atoms with E-state index in [-0.39, 0.29) is 29.9 Å². The van der Waals surface area contributed by atoms with Crippen molar-refractivity contribution < 1.29 is 9.21 Å². The second kappa shape index (κ2) is 6.54. The Hall–Kier alpha value is -1.85. The van der Waals surface area contributed by atoms with Crippen molar-refractivity contribution in [3.8, 4) is 0 Å². The Bertz CT molecular complexity index is 669. The van der Waals surface area contributed by atoms with Crippen LogP contribution in [-0.2, 0) is 0 Å². The summed E-state index contributed by atoms with van der Waals surface area (Å²) in [5.41, 5.74) is 5.40. The highest BCUT2D eigenvalue weighted by Gasteiger charge is 2.20. The predicted molar refractivity (Wildman–Crippen MR) is 80.3 cm³/mol. The van der Waals surface area contributed by atoms with Gasteiger partial charge in [0.1, 0.15) is 11.1 Å². The van der Waals surface area contributed by atoms with Crippen LogP contribution >= 0.6 is 12.4 Å². The van der Waals surface area contributed by atoms with Crippen molar-refractivity contribution in [3.05, 3.63) is 46.3 Å². The molecule has 1 aromatic heterocycles. The zero-order valence-electron chi connectivity index (χ0n) is 11.3. The molecular formula is C14H17ClN2O3. The molecule has 20 heavy (non-hydrogen) atoms. The molecule has 1 atom stereocenters. The molecule has 0 aliphatic heterocycles. The lowest BCUT2D eigenvalue weighted by Crippen LogP contribution is -2.41. The Labute approximate surface area is 122 Å².